The van der Waals surface area contributed by atoms with Crippen molar-refractivity contribution in [1.29, 1.82) is 0 Å². The van der Waals surface area contributed by atoms with Crippen molar-refractivity contribution in [2.75, 3.05) is 19.1 Å². The lowest BCUT2D eigenvalue weighted by molar-refractivity contribution is -0.393. The van der Waals surface area contributed by atoms with Gasteiger partial charge >= 0.3 is 5.69 Å². The first-order chi connectivity index (χ1) is 13.4. The fourth-order valence-electron chi connectivity index (χ4n) is 2.12. The first-order valence-corrected chi connectivity index (χ1v) is 8.61. The van der Waals surface area contributed by atoms with Gasteiger partial charge in [0.05, 0.1) is 32.8 Å². The molecule has 0 unspecified atom stereocenters. The summed E-state index contributed by atoms with van der Waals surface area (Å²) in [6, 6.07) is 6.64. The number of benzene rings is 2. The molecule has 1 N–H and O–H groups in total. The Morgan fingerprint density at radius 1 is 1.29 bits per heavy atom. The first-order valence-electron chi connectivity index (χ1n) is 7.53. The van der Waals surface area contributed by atoms with E-state index in [1.54, 1.807) is 12.1 Å². The number of hydrogen-bond donors (Lipinski definition) is 1. The lowest BCUT2D eigenvalue weighted by Crippen LogP contribution is -2.01. The van der Waals surface area contributed by atoms with Crippen LogP contribution in [0.25, 0.3) is 0 Å². The lowest BCUT2D eigenvalue weighted by Gasteiger charge is -2.11. The number of rotatable bonds is 8. The number of ether oxygens (including phenoxy) is 2. The quantitative estimate of drug-likeness (QED) is 0.195. The third kappa shape index (κ3) is 5.07. The van der Waals surface area contributed by atoms with Crippen LogP contribution in [-0.2, 0) is 0 Å². The molecule has 0 bridgehead atoms. The monoisotopic (exact) mass is 496 g/mol. The standard InChI is InChI=1S/C17H13IN4O6/c1-3-6-28-17-13(18)7-11(8-16(17)27-2)10-19-20-14-5-4-12(21(23)24)9-15(14)22(25)26/h1,4-5,7-10,20H,6H2,2H3/b19-10+. The van der Waals surface area contributed by atoms with Crippen LogP contribution in [0.2, 0.25) is 0 Å². The van der Waals surface area contributed by atoms with Gasteiger partial charge in [0.15, 0.2) is 11.5 Å². The molecule has 0 heterocycles. The Labute approximate surface area is 173 Å². The van der Waals surface area contributed by atoms with Crippen molar-refractivity contribution in [2.24, 2.45) is 5.10 Å². The van der Waals surface area contributed by atoms with Gasteiger partial charge < -0.3 is 9.47 Å². The maximum atomic E-state index is 11.1. The summed E-state index contributed by atoms with van der Waals surface area (Å²) in [6.07, 6.45) is 6.61. The number of hydrogen-bond acceptors (Lipinski definition) is 8. The molecule has 0 aromatic heterocycles. The van der Waals surface area contributed by atoms with E-state index < -0.39 is 15.5 Å². The van der Waals surface area contributed by atoms with Crippen LogP contribution in [0.15, 0.2) is 35.4 Å². The number of nitrogens with zero attached hydrogens (tertiary/aromatic N) is 3. The summed E-state index contributed by atoms with van der Waals surface area (Å²) < 4.78 is 11.5. The molecule has 0 fully saturated rings. The molecule has 0 aliphatic carbocycles. The van der Waals surface area contributed by atoms with E-state index in [0.717, 1.165) is 15.7 Å². The molecule has 2 aromatic carbocycles. The van der Waals surface area contributed by atoms with E-state index in [1.807, 2.05) is 0 Å². The second-order valence-corrected chi connectivity index (χ2v) is 6.27. The van der Waals surface area contributed by atoms with Gasteiger partial charge in [-0.3, -0.25) is 25.7 Å². The summed E-state index contributed by atoms with van der Waals surface area (Å²) in [7, 11) is 1.48. The zero-order chi connectivity index (χ0) is 20.7. The largest absolute Gasteiger partial charge is 0.493 e. The van der Waals surface area contributed by atoms with Crippen molar-refractivity contribution in [3.63, 3.8) is 0 Å². The van der Waals surface area contributed by atoms with E-state index in [-0.39, 0.29) is 18.0 Å². The number of nitro groups is 2. The van der Waals surface area contributed by atoms with Crippen molar-refractivity contribution >= 4 is 45.9 Å². The van der Waals surface area contributed by atoms with E-state index in [1.165, 1.54) is 19.4 Å². The Bertz CT molecular complexity index is 986. The molecule has 11 heteroatoms. The van der Waals surface area contributed by atoms with Crippen LogP contribution >= 0.6 is 22.6 Å². The molecule has 2 rings (SSSR count). The third-order valence-electron chi connectivity index (χ3n) is 3.34. The second-order valence-electron chi connectivity index (χ2n) is 5.11. The van der Waals surface area contributed by atoms with Crippen LogP contribution in [0.5, 0.6) is 11.5 Å². The molecule has 0 amide bonds. The van der Waals surface area contributed by atoms with Gasteiger partial charge in [-0.05, 0) is 46.4 Å². The zero-order valence-corrected chi connectivity index (χ0v) is 16.6. The second kappa shape index (κ2) is 9.51. The number of methoxy groups -OCH3 is 1. The maximum absolute atomic E-state index is 11.1. The molecule has 0 saturated carbocycles. The molecule has 0 spiro atoms. The number of non-ortho nitro benzene ring substituents is 1. The van der Waals surface area contributed by atoms with Crippen molar-refractivity contribution in [3.8, 4) is 23.8 Å². The highest BCUT2D eigenvalue weighted by Crippen LogP contribution is 2.33. The average molecular weight is 496 g/mol. The van der Waals surface area contributed by atoms with E-state index in [9.17, 15) is 20.2 Å². The van der Waals surface area contributed by atoms with E-state index in [0.29, 0.717) is 17.1 Å². The summed E-state index contributed by atoms with van der Waals surface area (Å²) >= 11 is 2.05. The van der Waals surface area contributed by atoms with Gasteiger partial charge in [-0.15, -0.1) is 6.42 Å². The van der Waals surface area contributed by atoms with Crippen LogP contribution in [-0.4, -0.2) is 29.8 Å². The van der Waals surface area contributed by atoms with E-state index in [2.05, 4.69) is 39.0 Å². The molecule has 2 aromatic rings. The predicted octanol–water partition coefficient (Wildman–Crippen LogP) is 3.57. The number of nitrogens with one attached hydrogen (secondary N) is 1. The molecule has 0 saturated heterocycles. The molecule has 0 radical (unpaired) electrons. The molecule has 0 aliphatic heterocycles. The van der Waals surface area contributed by atoms with E-state index in [4.69, 9.17) is 15.9 Å². The average Bonchev–Trinajstić information content (AvgIpc) is 2.66. The minimum absolute atomic E-state index is 0.0162. The highest BCUT2D eigenvalue weighted by atomic mass is 127. The molecule has 28 heavy (non-hydrogen) atoms. The van der Waals surface area contributed by atoms with Gasteiger partial charge in [-0.25, -0.2) is 0 Å². The number of halogens is 1. The Morgan fingerprint density at radius 3 is 2.64 bits per heavy atom. The highest BCUT2D eigenvalue weighted by Gasteiger charge is 2.19. The predicted molar refractivity (Wildman–Crippen MR) is 111 cm³/mol. The van der Waals surface area contributed by atoms with Crippen molar-refractivity contribution < 1.29 is 19.3 Å². The Kier molecular flexibility index (Phi) is 7.10. The smallest absolute Gasteiger partial charge is 0.301 e. The lowest BCUT2D eigenvalue weighted by atomic mass is 10.2. The SMILES string of the molecule is C#CCOc1c(I)cc(/C=N/Nc2ccc([N+](=O)[O-])cc2[N+](=O)[O-])cc1OC. The highest BCUT2D eigenvalue weighted by molar-refractivity contribution is 14.1. The van der Waals surface area contributed by atoms with Crippen molar-refractivity contribution in [3.05, 3.63) is 59.7 Å². The topological polar surface area (TPSA) is 129 Å². The van der Waals surface area contributed by atoms with Crippen LogP contribution in [0.4, 0.5) is 17.1 Å². The first kappa shape index (κ1) is 20.9. The van der Waals surface area contributed by atoms with Crippen molar-refractivity contribution in [2.45, 2.75) is 0 Å². The number of terminal acetylenes is 1. The van der Waals surface area contributed by atoms with Gasteiger partial charge in [0.1, 0.15) is 12.3 Å². The molecule has 144 valence electrons. The summed E-state index contributed by atoms with van der Waals surface area (Å²) in [5.74, 6) is 3.32. The molecular weight excluding hydrogens is 483 g/mol. The Hall–Kier alpha value is -3.40. The third-order valence-corrected chi connectivity index (χ3v) is 4.14. The van der Waals surface area contributed by atoms with Gasteiger partial charge in [0.2, 0.25) is 0 Å². The van der Waals surface area contributed by atoms with Crippen LogP contribution < -0.4 is 14.9 Å². The van der Waals surface area contributed by atoms with Crippen LogP contribution in [0.1, 0.15) is 5.56 Å². The zero-order valence-electron chi connectivity index (χ0n) is 14.4. The minimum atomic E-state index is -0.728. The van der Waals surface area contributed by atoms with Gasteiger partial charge in [0, 0.05) is 6.07 Å². The maximum Gasteiger partial charge on any atom is 0.301 e. The molecular formula is C17H13IN4O6. The molecule has 0 atom stereocenters. The van der Waals surface area contributed by atoms with Crippen LogP contribution in [0.3, 0.4) is 0 Å². The summed E-state index contributed by atoms with van der Waals surface area (Å²) in [6.45, 7) is 0.0885. The normalized spacial score (nSPS) is 10.3. The number of anilines is 1. The number of hydrazone groups is 1. The fourth-order valence-corrected chi connectivity index (χ4v) is 2.90. The van der Waals surface area contributed by atoms with Gasteiger partial charge in [-0.2, -0.15) is 5.10 Å². The molecule has 10 nitrogen and oxygen atoms in total. The summed E-state index contributed by atoms with van der Waals surface area (Å²) in [5, 5.41) is 25.9. The summed E-state index contributed by atoms with van der Waals surface area (Å²) in [5.41, 5.74) is 2.32. The van der Waals surface area contributed by atoms with Gasteiger partial charge in [-0.1, -0.05) is 5.92 Å². The van der Waals surface area contributed by atoms with Crippen molar-refractivity contribution in [1.82, 2.24) is 0 Å². The Morgan fingerprint density at radius 2 is 2.04 bits per heavy atom. The number of nitro benzene ring substituents is 2. The molecule has 0 aliphatic rings. The fraction of sp³-hybridized carbons (Fsp3) is 0.118. The summed E-state index contributed by atoms with van der Waals surface area (Å²) in [4.78, 5) is 20.5. The van der Waals surface area contributed by atoms with Crippen LogP contribution in [0, 0.1) is 36.1 Å². The minimum Gasteiger partial charge on any atom is -0.493 e. The van der Waals surface area contributed by atoms with Gasteiger partial charge in [0.25, 0.3) is 5.69 Å². The Balaban J connectivity index is 2.25. The van der Waals surface area contributed by atoms with E-state index >= 15 is 0 Å².